The third-order valence-electron chi connectivity index (χ3n) is 5.20. The fourth-order valence-corrected chi connectivity index (χ4v) is 3.54. The van der Waals surface area contributed by atoms with E-state index in [4.69, 9.17) is 14.5 Å². The first-order chi connectivity index (χ1) is 15.2. The number of anilines is 1. The lowest BCUT2D eigenvalue weighted by Gasteiger charge is -2.33. The molecule has 0 amide bonds. The standard InChI is InChI=1S/C23H28N6O2/c1-28(2)23-26-14-20(19-12-24-17-25-13-19)22(27-23)21-15-29(9-11-31-21)8-10-30-16-18-6-4-3-5-7-18/h3-7,12-14,17,21H,8-11,15-16H2,1-2H3/t21-/m0/s1. The van der Waals surface area contributed by atoms with Crippen LogP contribution in [0.3, 0.4) is 0 Å². The maximum atomic E-state index is 6.13. The Balaban J connectivity index is 1.44. The third-order valence-corrected chi connectivity index (χ3v) is 5.20. The van der Waals surface area contributed by atoms with Crippen LogP contribution < -0.4 is 4.90 Å². The van der Waals surface area contributed by atoms with Crippen LogP contribution in [0.5, 0.6) is 0 Å². The molecule has 8 nitrogen and oxygen atoms in total. The molecule has 1 fully saturated rings. The minimum absolute atomic E-state index is 0.153. The van der Waals surface area contributed by atoms with Crippen molar-refractivity contribution in [2.45, 2.75) is 12.7 Å². The minimum Gasteiger partial charge on any atom is -0.375 e. The molecule has 1 aromatic carbocycles. The number of morpholine rings is 1. The zero-order chi connectivity index (χ0) is 21.5. The Morgan fingerprint density at radius 1 is 1.13 bits per heavy atom. The van der Waals surface area contributed by atoms with Crippen molar-refractivity contribution in [3.8, 4) is 11.1 Å². The summed E-state index contributed by atoms with van der Waals surface area (Å²) >= 11 is 0. The lowest BCUT2D eigenvalue weighted by atomic mass is 10.0. The normalized spacial score (nSPS) is 16.9. The van der Waals surface area contributed by atoms with Crippen LogP contribution in [-0.4, -0.2) is 71.8 Å². The van der Waals surface area contributed by atoms with Crippen LogP contribution in [0.1, 0.15) is 17.4 Å². The highest BCUT2D eigenvalue weighted by molar-refractivity contribution is 5.64. The lowest BCUT2D eigenvalue weighted by Crippen LogP contribution is -2.40. The molecule has 0 N–H and O–H groups in total. The second-order valence-corrected chi connectivity index (χ2v) is 7.69. The summed E-state index contributed by atoms with van der Waals surface area (Å²) in [4.78, 5) is 21.9. The predicted octanol–water partition coefficient (Wildman–Crippen LogP) is 2.59. The lowest BCUT2D eigenvalue weighted by molar-refractivity contribution is -0.0402. The monoisotopic (exact) mass is 420 g/mol. The highest BCUT2D eigenvalue weighted by Gasteiger charge is 2.27. The van der Waals surface area contributed by atoms with Gasteiger partial charge >= 0.3 is 0 Å². The largest absolute Gasteiger partial charge is 0.375 e. The molecular formula is C23H28N6O2. The van der Waals surface area contributed by atoms with Crippen molar-refractivity contribution in [2.24, 2.45) is 0 Å². The Hall–Kier alpha value is -2.94. The molecule has 0 spiro atoms. The van der Waals surface area contributed by atoms with Gasteiger partial charge in [-0.3, -0.25) is 4.90 Å². The number of benzene rings is 1. The van der Waals surface area contributed by atoms with Gasteiger partial charge in [-0.15, -0.1) is 0 Å². The van der Waals surface area contributed by atoms with Crippen LogP contribution in [0.25, 0.3) is 11.1 Å². The van der Waals surface area contributed by atoms with Gasteiger partial charge in [-0.1, -0.05) is 30.3 Å². The second-order valence-electron chi connectivity index (χ2n) is 7.69. The maximum absolute atomic E-state index is 6.13. The van der Waals surface area contributed by atoms with Gasteiger partial charge < -0.3 is 14.4 Å². The quantitative estimate of drug-likeness (QED) is 0.515. The van der Waals surface area contributed by atoms with Crippen molar-refractivity contribution < 1.29 is 9.47 Å². The average molecular weight is 421 g/mol. The van der Waals surface area contributed by atoms with Crippen molar-refractivity contribution in [2.75, 3.05) is 51.8 Å². The highest BCUT2D eigenvalue weighted by Crippen LogP contribution is 2.30. The van der Waals surface area contributed by atoms with Gasteiger partial charge in [0.15, 0.2) is 0 Å². The van der Waals surface area contributed by atoms with Crippen LogP contribution in [-0.2, 0) is 16.1 Å². The van der Waals surface area contributed by atoms with E-state index in [1.165, 1.54) is 11.9 Å². The molecule has 162 valence electrons. The number of hydrogen-bond acceptors (Lipinski definition) is 8. The molecule has 1 aliphatic heterocycles. The molecule has 0 unspecified atom stereocenters. The second kappa shape index (κ2) is 10.4. The van der Waals surface area contributed by atoms with Gasteiger partial charge in [-0.25, -0.2) is 19.9 Å². The smallest absolute Gasteiger partial charge is 0.225 e. The topological polar surface area (TPSA) is 76.5 Å². The molecule has 0 bridgehead atoms. The van der Waals surface area contributed by atoms with E-state index in [1.54, 1.807) is 12.4 Å². The Morgan fingerprint density at radius 3 is 2.71 bits per heavy atom. The SMILES string of the molecule is CN(C)c1ncc(-c2cncnc2)c([C@@H]2CN(CCOCc3ccccc3)CCO2)n1. The first-order valence-corrected chi connectivity index (χ1v) is 10.5. The molecule has 0 radical (unpaired) electrons. The van der Waals surface area contributed by atoms with Gasteiger partial charge in [-0.2, -0.15) is 0 Å². The van der Waals surface area contributed by atoms with E-state index >= 15 is 0 Å². The van der Waals surface area contributed by atoms with E-state index < -0.39 is 0 Å². The van der Waals surface area contributed by atoms with Gasteiger partial charge in [-0.05, 0) is 5.56 Å². The molecule has 31 heavy (non-hydrogen) atoms. The summed E-state index contributed by atoms with van der Waals surface area (Å²) in [5.41, 5.74) is 3.84. The molecule has 8 heteroatoms. The van der Waals surface area contributed by atoms with Crippen molar-refractivity contribution in [1.29, 1.82) is 0 Å². The number of aromatic nitrogens is 4. The predicted molar refractivity (Wildman–Crippen MR) is 119 cm³/mol. The van der Waals surface area contributed by atoms with Gasteiger partial charge in [0.05, 0.1) is 25.5 Å². The molecule has 1 atom stereocenters. The zero-order valence-corrected chi connectivity index (χ0v) is 18.0. The van der Waals surface area contributed by atoms with Crippen LogP contribution >= 0.6 is 0 Å². The summed E-state index contributed by atoms with van der Waals surface area (Å²) in [6.45, 7) is 4.43. The average Bonchev–Trinajstić information content (AvgIpc) is 2.83. The number of nitrogens with zero attached hydrogens (tertiary/aromatic N) is 6. The summed E-state index contributed by atoms with van der Waals surface area (Å²) < 4.78 is 12.0. The van der Waals surface area contributed by atoms with Crippen LogP contribution in [0, 0.1) is 0 Å². The number of rotatable bonds is 8. The molecule has 4 rings (SSSR count). The Morgan fingerprint density at radius 2 is 1.94 bits per heavy atom. The maximum Gasteiger partial charge on any atom is 0.225 e. The van der Waals surface area contributed by atoms with E-state index in [1.807, 2.05) is 43.4 Å². The van der Waals surface area contributed by atoms with E-state index in [2.05, 4.69) is 32.0 Å². The van der Waals surface area contributed by atoms with Crippen LogP contribution in [0.2, 0.25) is 0 Å². The fourth-order valence-electron chi connectivity index (χ4n) is 3.54. The van der Waals surface area contributed by atoms with E-state index in [0.29, 0.717) is 25.8 Å². The summed E-state index contributed by atoms with van der Waals surface area (Å²) in [7, 11) is 3.87. The zero-order valence-electron chi connectivity index (χ0n) is 18.0. The van der Waals surface area contributed by atoms with Crippen molar-refractivity contribution in [1.82, 2.24) is 24.8 Å². The van der Waals surface area contributed by atoms with Crippen molar-refractivity contribution in [3.05, 3.63) is 66.5 Å². The molecular weight excluding hydrogens is 392 g/mol. The van der Waals surface area contributed by atoms with Crippen molar-refractivity contribution in [3.63, 3.8) is 0 Å². The molecule has 0 saturated carbocycles. The fraction of sp³-hybridized carbons (Fsp3) is 0.391. The molecule has 3 heterocycles. The molecule has 2 aromatic heterocycles. The molecule has 3 aromatic rings. The Kier molecular flexibility index (Phi) is 7.14. The van der Waals surface area contributed by atoms with Crippen LogP contribution in [0.4, 0.5) is 5.95 Å². The molecule has 0 aliphatic carbocycles. The first kappa shape index (κ1) is 21.3. The summed E-state index contributed by atoms with van der Waals surface area (Å²) in [5.74, 6) is 0.655. The van der Waals surface area contributed by atoms with E-state index in [9.17, 15) is 0 Å². The molecule has 1 aliphatic rings. The minimum atomic E-state index is -0.153. The summed E-state index contributed by atoms with van der Waals surface area (Å²) in [6.07, 6.45) is 6.76. The van der Waals surface area contributed by atoms with Gasteiger partial charge in [0.25, 0.3) is 0 Å². The highest BCUT2D eigenvalue weighted by atomic mass is 16.5. The summed E-state index contributed by atoms with van der Waals surface area (Å²) in [6, 6.07) is 10.2. The number of hydrogen-bond donors (Lipinski definition) is 0. The Bertz CT molecular complexity index is 955. The van der Waals surface area contributed by atoms with Crippen molar-refractivity contribution >= 4 is 5.95 Å². The summed E-state index contributed by atoms with van der Waals surface area (Å²) in [5, 5.41) is 0. The van der Waals surface area contributed by atoms with Gasteiger partial charge in [0.1, 0.15) is 12.4 Å². The van der Waals surface area contributed by atoms with E-state index in [-0.39, 0.29) is 6.10 Å². The van der Waals surface area contributed by atoms with Gasteiger partial charge in [0.2, 0.25) is 5.95 Å². The van der Waals surface area contributed by atoms with E-state index in [0.717, 1.165) is 36.5 Å². The number of ether oxygens (including phenoxy) is 2. The molecule has 1 saturated heterocycles. The third kappa shape index (κ3) is 5.61. The van der Waals surface area contributed by atoms with Crippen LogP contribution in [0.15, 0.2) is 55.2 Å². The Labute approximate surface area is 182 Å². The van der Waals surface area contributed by atoms with Gasteiger partial charge in [0, 0.05) is 63.4 Å². The first-order valence-electron chi connectivity index (χ1n) is 10.5.